The number of rotatable bonds is 2. The Labute approximate surface area is 132 Å². The number of hydrazine groups is 1. The molecule has 0 spiro atoms. The Kier molecular flexibility index (Phi) is 3.03. The fourth-order valence-corrected chi connectivity index (χ4v) is 5.26. The minimum atomic E-state index is 0.737. The van der Waals surface area contributed by atoms with Gasteiger partial charge < -0.3 is 5.43 Å². The zero-order valence-electron chi connectivity index (χ0n) is 10.4. The van der Waals surface area contributed by atoms with Crippen LogP contribution in [0.3, 0.4) is 0 Å². The van der Waals surface area contributed by atoms with Crippen molar-refractivity contribution in [3.8, 4) is 10.7 Å². The number of thiophene rings is 2. The van der Waals surface area contributed by atoms with E-state index in [1.807, 2.05) is 11.4 Å². The molecule has 4 nitrogen and oxygen atoms in total. The maximum atomic E-state index is 5.68. The normalized spacial score (nSPS) is 13.9. The number of fused-ring (bicyclic) bond motifs is 3. The van der Waals surface area contributed by atoms with E-state index in [1.54, 1.807) is 22.7 Å². The number of nitrogen functional groups attached to an aromatic ring is 1. The highest BCUT2D eigenvalue weighted by atomic mass is 79.9. The number of aromatic nitrogens is 2. The van der Waals surface area contributed by atoms with E-state index in [0.29, 0.717) is 0 Å². The van der Waals surface area contributed by atoms with Gasteiger partial charge in [0.2, 0.25) is 0 Å². The Hall–Kier alpha value is -1.02. The number of anilines is 1. The van der Waals surface area contributed by atoms with Crippen LogP contribution in [0.1, 0.15) is 16.9 Å². The molecule has 0 unspecified atom stereocenters. The van der Waals surface area contributed by atoms with Gasteiger partial charge in [-0.25, -0.2) is 15.8 Å². The van der Waals surface area contributed by atoms with Gasteiger partial charge in [0.25, 0.3) is 0 Å². The molecule has 3 N–H and O–H groups in total. The van der Waals surface area contributed by atoms with Crippen molar-refractivity contribution >= 4 is 54.6 Å². The van der Waals surface area contributed by atoms with E-state index in [-0.39, 0.29) is 0 Å². The molecule has 102 valence electrons. The maximum absolute atomic E-state index is 5.68. The molecule has 0 aliphatic heterocycles. The number of aryl methyl sites for hydroxylation is 2. The van der Waals surface area contributed by atoms with Gasteiger partial charge in [-0.05, 0) is 46.8 Å². The predicted molar refractivity (Wildman–Crippen MR) is 88.3 cm³/mol. The molecule has 0 radical (unpaired) electrons. The first kappa shape index (κ1) is 12.7. The topological polar surface area (TPSA) is 63.8 Å². The number of nitrogens with two attached hydrogens (primary N) is 1. The third-order valence-electron chi connectivity index (χ3n) is 3.49. The van der Waals surface area contributed by atoms with Crippen LogP contribution < -0.4 is 11.3 Å². The quantitative estimate of drug-likeness (QED) is 0.532. The Morgan fingerprint density at radius 2 is 2.20 bits per heavy atom. The summed E-state index contributed by atoms with van der Waals surface area (Å²) >= 11 is 6.87. The second kappa shape index (κ2) is 4.77. The van der Waals surface area contributed by atoms with Gasteiger partial charge >= 0.3 is 0 Å². The van der Waals surface area contributed by atoms with E-state index in [4.69, 9.17) is 10.8 Å². The van der Waals surface area contributed by atoms with Gasteiger partial charge in [0.05, 0.1) is 10.3 Å². The van der Waals surface area contributed by atoms with E-state index in [2.05, 4.69) is 26.3 Å². The second-order valence-corrected chi connectivity index (χ2v) is 7.62. The smallest absolute Gasteiger partial charge is 0.173 e. The molecule has 0 bridgehead atoms. The summed E-state index contributed by atoms with van der Waals surface area (Å²) in [6, 6.07) is 2.04. The van der Waals surface area contributed by atoms with Crippen molar-refractivity contribution in [1.82, 2.24) is 9.97 Å². The van der Waals surface area contributed by atoms with Crippen LogP contribution >= 0.6 is 38.6 Å². The Bertz CT molecular complexity index is 808. The summed E-state index contributed by atoms with van der Waals surface area (Å²) in [4.78, 5) is 12.9. The van der Waals surface area contributed by atoms with Gasteiger partial charge in [-0.3, -0.25) is 0 Å². The van der Waals surface area contributed by atoms with Crippen LogP contribution in [-0.4, -0.2) is 9.97 Å². The first-order valence-electron chi connectivity index (χ1n) is 6.29. The average Bonchev–Trinajstić information content (AvgIpc) is 3.12. The van der Waals surface area contributed by atoms with Gasteiger partial charge in [0.1, 0.15) is 4.83 Å². The van der Waals surface area contributed by atoms with Gasteiger partial charge in [-0.2, -0.15) is 0 Å². The zero-order valence-corrected chi connectivity index (χ0v) is 13.7. The molecule has 3 heterocycles. The highest BCUT2D eigenvalue weighted by Crippen LogP contribution is 2.40. The summed E-state index contributed by atoms with van der Waals surface area (Å²) in [6.45, 7) is 0. The van der Waals surface area contributed by atoms with Crippen molar-refractivity contribution in [3.05, 3.63) is 26.4 Å². The van der Waals surface area contributed by atoms with Gasteiger partial charge in [-0.1, -0.05) is 0 Å². The minimum Gasteiger partial charge on any atom is -0.308 e. The molecule has 0 saturated carbocycles. The van der Waals surface area contributed by atoms with Crippen LogP contribution in [0.25, 0.3) is 20.9 Å². The second-order valence-electron chi connectivity index (χ2n) is 4.71. The van der Waals surface area contributed by atoms with Gasteiger partial charge in [0.15, 0.2) is 11.6 Å². The standard InChI is InChI=1S/C13H11BrN4S2/c14-6-4-9(19-5-6)11-16-12(18-15)10-7-2-1-3-8(7)20-13(10)17-11/h4-5H,1-3,15H2,(H,16,17,18). The fraction of sp³-hybridized carbons (Fsp3) is 0.231. The number of halogens is 1. The number of nitrogens with zero attached hydrogens (tertiary/aromatic N) is 2. The summed E-state index contributed by atoms with van der Waals surface area (Å²) in [7, 11) is 0. The fourth-order valence-electron chi connectivity index (χ4n) is 2.64. The van der Waals surface area contributed by atoms with Crippen LogP contribution in [0.4, 0.5) is 5.82 Å². The molecule has 0 amide bonds. The molecule has 1 aliphatic carbocycles. The molecular weight excluding hydrogens is 356 g/mol. The van der Waals surface area contributed by atoms with Crippen LogP contribution in [0.15, 0.2) is 15.9 Å². The Morgan fingerprint density at radius 1 is 1.30 bits per heavy atom. The van der Waals surface area contributed by atoms with E-state index >= 15 is 0 Å². The van der Waals surface area contributed by atoms with E-state index in [1.165, 1.54) is 16.9 Å². The lowest BCUT2D eigenvalue weighted by Gasteiger charge is -2.05. The number of hydrogen-bond acceptors (Lipinski definition) is 6. The summed E-state index contributed by atoms with van der Waals surface area (Å²) in [6.07, 6.45) is 3.48. The van der Waals surface area contributed by atoms with Crippen molar-refractivity contribution in [1.29, 1.82) is 0 Å². The monoisotopic (exact) mass is 366 g/mol. The molecular formula is C13H11BrN4S2. The summed E-state index contributed by atoms with van der Waals surface area (Å²) in [5.74, 6) is 7.16. The molecule has 4 rings (SSSR count). The van der Waals surface area contributed by atoms with Crippen molar-refractivity contribution in [2.24, 2.45) is 5.84 Å². The highest BCUT2D eigenvalue weighted by Gasteiger charge is 2.22. The van der Waals surface area contributed by atoms with Crippen LogP contribution in [0.2, 0.25) is 0 Å². The molecule has 3 aromatic rings. The van der Waals surface area contributed by atoms with E-state index in [0.717, 1.165) is 44.1 Å². The van der Waals surface area contributed by atoms with Crippen molar-refractivity contribution in [3.63, 3.8) is 0 Å². The highest BCUT2D eigenvalue weighted by molar-refractivity contribution is 9.10. The third-order valence-corrected chi connectivity index (χ3v) is 6.36. The summed E-state index contributed by atoms with van der Waals surface area (Å²) in [5, 5.41) is 3.15. The molecule has 1 aliphatic rings. The molecule has 0 aromatic carbocycles. The number of hydrogen-bond donors (Lipinski definition) is 2. The Morgan fingerprint density at radius 3 is 2.95 bits per heavy atom. The predicted octanol–water partition coefficient (Wildman–Crippen LogP) is 3.96. The third kappa shape index (κ3) is 1.88. The van der Waals surface area contributed by atoms with Gasteiger partial charge in [-0.15, -0.1) is 22.7 Å². The molecule has 0 saturated heterocycles. The minimum absolute atomic E-state index is 0.737. The molecule has 0 fully saturated rings. The largest absolute Gasteiger partial charge is 0.308 e. The molecule has 7 heteroatoms. The molecule has 3 aromatic heterocycles. The van der Waals surface area contributed by atoms with Crippen molar-refractivity contribution in [2.75, 3.05) is 5.43 Å². The lowest BCUT2D eigenvalue weighted by Crippen LogP contribution is -2.10. The maximum Gasteiger partial charge on any atom is 0.173 e. The molecule has 20 heavy (non-hydrogen) atoms. The first-order chi connectivity index (χ1) is 9.76. The van der Waals surface area contributed by atoms with E-state index in [9.17, 15) is 0 Å². The Balaban J connectivity index is 1.97. The summed E-state index contributed by atoms with van der Waals surface area (Å²) in [5.41, 5.74) is 4.14. The lowest BCUT2D eigenvalue weighted by atomic mass is 10.2. The van der Waals surface area contributed by atoms with E-state index < -0.39 is 0 Å². The zero-order chi connectivity index (χ0) is 13.7. The van der Waals surface area contributed by atoms with Gasteiger partial charge in [0, 0.05) is 14.7 Å². The van der Waals surface area contributed by atoms with Crippen LogP contribution in [0, 0.1) is 0 Å². The van der Waals surface area contributed by atoms with Crippen LogP contribution in [0.5, 0.6) is 0 Å². The van der Waals surface area contributed by atoms with Crippen molar-refractivity contribution in [2.45, 2.75) is 19.3 Å². The molecule has 0 atom stereocenters. The van der Waals surface area contributed by atoms with Crippen LogP contribution in [-0.2, 0) is 12.8 Å². The summed E-state index contributed by atoms with van der Waals surface area (Å²) < 4.78 is 1.05. The number of nitrogens with one attached hydrogen (secondary N) is 1. The first-order valence-corrected chi connectivity index (χ1v) is 8.78. The SMILES string of the molecule is NNc1nc(-c2cc(Br)cs2)nc2sc3c(c12)CCC3. The average molecular weight is 367 g/mol. The van der Waals surface area contributed by atoms with Crippen molar-refractivity contribution < 1.29 is 0 Å². The lowest BCUT2D eigenvalue weighted by molar-refractivity contribution is 0.917.